The lowest BCUT2D eigenvalue weighted by atomic mass is 10.0. The number of amides is 2. The predicted molar refractivity (Wildman–Crippen MR) is 88.1 cm³/mol. The summed E-state index contributed by atoms with van der Waals surface area (Å²) in [4.78, 5) is 14.7. The van der Waals surface area contributed by atoms with E-state index in [4.69, 9.17) is 4.74 Å². The van der Waals surface area contributed by atoms with Gasteiger partial charge < -0.3 is 15.0 Å². The molecular formula is C16H22F2N2O2S. The number of halogens is 2. The van der Waals surface area contributed by atoms with Gasteiger partial charge in [-0.2, -0.15) is 8.78 Å². The molecule has 1 saturated heterocycles. The molecule has 0 spiro atoms. The van der Waals surface area contributed by atoms with Crippen LogP contribution < -0.4 is 5.32 Å². The third kappa shape index (κ3) is 5.66. The van der Waals surface area contributed by atoms with Crippen molar-refractivity contribution in [3.8, 4) is 0 Å². The highest BCUT2D eigenvalue weighted by Crippen LogP contribution is 2.27. The molecule has 4 nitrogen and oxygen atoms in total. The van der Waals surface area contributed by atoms with Crippen LogP contribution in [-0.4, -0.2) is 42.5 Å². The molecule has 1 aromatic rings. The number of carbonyl (C=O) groups excluding carboxylic acids is 1. The van der Waals surface area contributed by atoms with Crippen molar-refractivity contribution < 1.29 is 18.3 Å². The summed E-state index contributed by atoms with van der Waals surface area (Å²) in [6.45, 7) is 5.80. The number of ether oxygens (including phenoxy) is 1. The Kier molecular flexibility index (Phi) is 6.65. The van der Waals surface area contributed by atoms with E-state index < -0.39 is 5.76 Å². The zero-order chi connectivity index (χ0) is 16.8. The first-order chi connectivity index (χ1) is 11.0. The highest BCUT2D eigenvalue weighted by atomic mass is 32.2. The normalized spacial score (nSPS) is 18.5. The lowest BCUT2D eigenvalue weighted by molar-refractivity contribution is 0.00857. The molecule has 0 bridgehead atoms. The molecule has 128 valence electrons. The van der Waals surface area contributed by atoms with Crippen LogP contribution in [0, 0.1) is 5.92 Å². The van der Waals surface area contributed by atoms with E-state index in [2.05, 4.69) is 19.2 Å². The van der Waals surface area contributed by atoms with Gasteiger partial charge in [0.1, 0.15) is 0 Å². The van der Waals surface area contributed by atoms with Gasteiger partial charge in [0.25, 0.3) is 5.76 Å². The van der Waals surface area contributed by atoms with E-state index >= 15 is 0 Å². The van der Waals surface area contributed by atoms with Gasteiger partial charge in [-0.15, -0.1) is 0 Å². The summed E-state index contributed by atoms with van der Waals surface area (Å²) >= 11 is 0.466. The number of benzene rings is 1. The molecule has 1 unspecified atom stereocenters. The molecule has 1 aliphatic rings. The highest BCUT2D eigenvalue weighted by Gasteiger charge is 2.27. The van der Waals surface area contributed by atoms with Crippen molar-refractivity contribution in [1.82, 2.24) is 4.90 Å². The average molecular weight is 344 g/mol. The van der Waals surface area contributed by atoms with Crippen molar-refractivity contribution in [2.24, 2.45) is 5.92 Å². The van der Waals surface area contributed by atoms with Crippen molar-refractivity contribution in [2.75, 3.05) is 25.1 Å². The monoisotopic (exact) mass is 344 g/mol. The second-order valence-electron chi connectivity index (χ2n) is 5.89. The Morgan fingerprint density at radius 3 is 2.96 bits per heavy atom. The second kappa shape index (κ2) is 8.49. The van der Waals surface area contributed by atoms with Gasteiger partial charge in [0.2, 0.25) is 0 Å². The standard InChI is InChI=1S/C16H22F2N2O2S/c1-11(2)8-13-10-22-7-6-20(13)16(21)19-12-4-3-5-14(9-12)23-15(17)18/h3-5,9,11,13,15H,6-8,10H2,1-2H3,(H,19,21). The van der Waals surface area contributed by atoms with Crippen LogP contribution >= 0.6 is 11.8 Å². The Morgan fingerprint density at radius 2 is 2.26 bits per heavy atom. The highest BCUT2D eigenvalue weighted by molar-refractivity contribution is 7.99. The number of alkyl halides is 2. The fraction of sp³-hybridized carbons (Fsp3) is 0.562. The van der Waals surface area contributed by atoms with Crippen LogP contribution in [0.3, 0.4) is 0 Å². The van der Waals surface area contributed by atoms with Crippen LogP contribution in [0.4, 0.5) is 19.3 Å². The first kappa shape index (κ1) is 18.0. The zero-order valence-corrected chi connectivity index (χ0v) is 14.1. The molecule has 1 aliphatic heterocycles. The molecular weight excluding hydrogens is 322 g/mol. The number of anilines is 1. The molecule has 1 N–H and O–H groups in total. The summed E-state index contributed by atoms with van der Waals surface area (Å²) in [5.41, 5.74) is 0.524. The smallest absolute Gasteiger partial charge is 0.322 e. The van der Waals surface area contributed by atoms with Gasteiger partial charge in [-0.05, 0) is 30.5 Å². The van der Waals surface area contributed by atoms with Crippen molar-refractivity contribution >= 4 is 23.5 Å². The van der Waals surface area contributed by atoms with E-state index in [0.29, 0.717) is 48.0 Å². The maximum absolute atomic E-state index is 12.5. The van der Waals surface area contributed by atoms with E-state index in [0.717, 1.165) is 6.42 Å². The Morgan fingerprint density at radius 1 is 1.48 bits per heavy atom. The largest absolute Gasteiger partial charge is 0.377 e. The number of hydrogen-bond acceptors (Lipinski definition) is 3. The van der Waals surface area contributed by atoms with Crippen molar-refractivity contribution in [1.29, 1.82) is 0 Å². The van der Waals surface area contributed by atoms with Gasteiger partial charge in [-0.1, -0.05) is 31.7 Å². The van der Waals surface area contributed by atoms with E-state index in [1.54, 1.807) is 29.2 Å². The molecule has 0 aromatic heterocycles. The maximum atomic E-state index is 12.5. The first-order valence-electron chi connectivity index (χ1n) is 7.66. The second-order valence-corrected chi connectivity index (χ2v) is 6.95. The summed E-state index contributed by atoms with van der Waals surface area (Å²) in [5.74, 6) is -2.02. The minimum Gasteiger partial charge on any atom is -0.377 e. The molecule has 1 heterocycles. The van der Waals surface area contributed by atoms with Crippen LogP contribution in [0.15, 0.2) is 29.2 Å². The summed E-state index contributed by atoms with van der Waals surface area (Å²) in [5, 5.41) is 2.80. The van der Waals surface area contributed by atoms with E-state index in [1.807, 2.05) is 0 Å². The number of urea groups is 1. The molecule has 1 atom stereocenters. The van der Waals surface area contributed by atoms with Gasteiger partial charge in [0.05, 0.1) is 19.3 Å². The molecule has 7 heteroatoms. The Labute approximate surface area is 139 Å². The lowest BCUT2D eigenvalue weighted by Crippen LogP contribution is -2.50. The molecule has 0 radical (unpaired) electrons. The fourth-order valence-corrected chi connectivity index (χ4v) is 3.16. The van der Waals surface area contributed by atoms with Gasteiger partial charge >= 0.3 is 6.03 Å². The van der Waals surface area contributed by atoms with Crippen molar-refractivity contribution in [2.45, 2.75) is 37.0 Å². The van der Waals surface area contributed by atoms with Crippen molar-refractivity contribution in [3.05, 3.63) is 24.3 Å². The number of thioether (sulfide) groups is 1. The topological polar surface area (TPSA) is 41.6 Å². The van der Waals surface area contributed by atoms with E-state index in [9.17, 15) is 13.6 Å². The minimum absolute atomic E-state index is 0.0439. The third-order valence-corrected chi connectivity index (χ3v) is 4.25. The fourth-order valence-electron chi connectivity index (χ4n) is 2.61. The number of morpholine rings is 1. The molecule has 23 heavy (non-hydrogen) atoms. The molecule has 2 amide bonds. The van der Waals surface area contributed by atoms with Crippen LogP contribution in [0.5, 0.6) is 0 Å². The quantitative estimate of drug-likeness (QED) is 0.811. The lowest BCUT2D eigenvalue weighted by Gasteiger charge is -2.36. The number of hydrogen-bond donors (Lipinski definition) is 1. The number of carbonyl (C=O) groups is 1. The van der Waals surface area contributed by atoms with E-state index in [-0.39, 0.29) is 12.1 Å². The van der Waals surface area contributed by atoms with Crippen LogP contribution in [0.25, 0.3) is 0 Å². The summed E-state index contributed by atoms with van der Waals surface area (Å²) in [6, 6.07) is 6.35. The zero-order valence-electron chi connectivity index (χ0n) is 13.3. The van der Waals surface area contributed by atoms with Crippen LogP contribution in [0.1, 0.15) is 20.3 Å². The Balaban J connectivity index is 2.02. The average Bonchev–Trinajstić information content (AvgIpc) is 2.46. The van der Waals surface area contributed by atoms with Gasteiger partial charge in [-0.25, -0.2) is 4.79 Å². The van der Waals surface area contributed by atoms with Gasteiger partial charge in [0.15, 0.2) is 0 Å². The van der Waals surface area contributed by atoms with Crippen LogP contribution in [0.2, 0.25) is 0 Å². The summed E-state index contributed by atoms with van der Waals surface area (Å²) in [6.07, 6.45) is 0.870. The first-order valence-corrected chi connectivity index (χ1v) is 8.54. The molecule has 0 saturated carbocycles. The number of nitrogens with one attached hydrogen (secondary N) is 1. The van der Waals surface area contributed by atoms with Crippen LogP contribution in [-0.2, 0) is 4.74 Å². The van der Waals surface area contributed by atoms with Gasteiger partial charge in [0, 0.05) is 17.1 Å². The van der Waals surface area contributed by atoms with E-state index in [1.165, 1.54) is 0 Å². The molecule has 0 aliphatic carbocycles. The molecule has 1 fully saturated rings. The SMILES string of the molecule is CC(C)CC1COCCN1C(=O)Nc1cccc(SC(F)F)c1. The van der Waals surface area contributed by atoms with Crippen molar-refractivity contribution in [3.63, 3.8) is 0 Å². The maximum Gasteiger partial charge on any atom is 0.322 e. The Hall–Kier alpha value is -1.34. The number of rotatable bonds is 5. The summed E-state index contributed by atoms with van der Waals surface area (Å²) in [7, 11) is 0. The molecule has 1 aromatic carbocycles. The summed E-state index contributed by atoms with van der Waals surface area (Å²) < 4.78 is 30.3. The minimum atomic E-state index is -2.48. The molecule has 2 rings (SSSR count). The predicted octanol–water partition coefficient (Wildman–Crippen LogP) is 4.28. The Bertz CT molecular complexity index is 529. The van der Waals surface area contributed by atoms with Gasteiger partial charge in [-0.3, -0.25) is 0 Å². The number of nitrogens with zero attached hydrogens (tertiary/aromatic N) is 1. The third-order valence-electron chi connectivity index (χ3n) is 3.54.